The molecule has 0 N–H and O–H groups in total. The molecule has 1 saturated carbocycles. The molecule has 0 aromatic carbocycles. The first-order valence-electron chi connectivity index (χ1n) is 10.8. The number of rotatable bonds is 7. The minimum Gasteiger partial charge on any atom is -0.376 e. The highest BCUT2D eigenvalue weighted by atomic mass is 32.2. The number of hydrogen-bond acceptors (Lipinski definition) is 6. The second-order valence-corrected chi connectivity index (χ2v) is 10.6. The zero-order valence-electron chi connectivity index (χ0n) is 17.3. The molecule has 0 unspecified atom stereocenters. The van der Waals surface area contributed by atoms with Crippen molar-refractivity contribution in [3.05, 3.63) is 11.9 Å². The molecule has 0 bridgehead atoms. The normalized spacial score (nSPS) is 24.0. The molecule has 1 amide bonds. The lowest BCUT2D eigenvalue weighted by molar-refractivity contribution is -0.128. The Balaban J connectivity index is 1.53. The van der Waals surface area contributed by atoms with E-state index < -0.39 is 9.84 Å². The van der Waals surface area contributed by atoms with Gasteiger partial charge in [-0.2, -0.15) is 0 Å². The van der Waals surface area contributed by atoms with Crippen LogP contribution in [0.1, 0.15) is 44.7 Å². The second-order valence-electron chi connectivity index (χ2n) is 8.64. The summed E-state index contributed by atoms with van der Waals surface area (Å²) in [5.74, 6) is 0.606. The summed E-state index contributed by atoms with van der Waals surface area (Å²) in [4.78, 5) is 20.2. The quantitative estimate of drug-likeness (QED) is 0.656. The predicted octanol–water partition coefficient (Wildman–Crippen LogP) is 1.30. The Labute approximate surface area is 173 Å². The van der Waals surface area contributed by atoms with E-state index in [0.717, 1.165) is 64.0 Å². The monoisotopic (exact) mass is 424 g/mol. The van der Waals surface area contributed by atoms with E-state index in [1.807, 2.05) is 9.47 Å². The lowest BCUT2D eigenvalue weighted by Gasteiger charge is -2.23. The third kappa shape index (κ3) is 5.19. The van der Waals surface area contributed by atoms with Crippen LogP contribution >= 0.6 is 0 Å². The molecule has 8 nitrogen and oxygen atoms in total. The van der Waals surface area contributed by atoms with Crippen molar-refractivity contribution >= 4 is 15.7 Å². The van der Waals surface area contributed by atoms with Gasteiger partial charge in [0.05, 0.1) is 30.3 Å². The van der Waals surface area contributed by atoms with E-state index in [-0.39, 0.29) is 22.9 Å². The third-order valence-electron chi connectivity index (χ3n) is 6.16. The average Bonchev–Trinajstić information content (AvgIpc) is 3.23. The Morgan fingerprint density at radius 2 is 2.00 bits per heavy atom. The molecule has 2 saturated heterocycles. The molecule has 162 valence electrons. The summed E-state index contributed by atoms with van der Waals surface area (Å²) in [6, 6.07) is 0. The lowest BCUT2D eigenvalue weighted by Crippen LogP contribution is -2.34. The van der Waals surface area contributed by atoms with Gasteiger partial charge in [0.1, 0.15) is 0 Å². The van der Waals surface area contributed by atoms with Gasteiger partial charge in [-0.25, -0.2) is 13.4 Å². The summed E-state index contributed by atoms with van der Waals surface area (Å²) < 4.78 is 33.6. The number of carbonyl (C=O) groups excluding carboxylic acids is 1. The number of hydrogen-bond donors (Lipinski definition) is 0. The van der Waals surface area contributed by atoms with Crippen molar-refractivity contribution in [3.8, 4) is 0 Å². The van der Waals surface area contributed by atoms with E-state index in [9.17, 15) is 13.2 Å². The number of nitrogens with zero attached hydrogens (tertiary/aromatic N) is 4. The van der Waals surface area contributed by atoms with Crippen LogP contribution < -0.4 is 0 Å². The Bertz CT molecular complexity index is 828. The van der Waals surface area contributed by atoms with Gasteiger partial charge in [0, 0.05) is 46.3 Å². The van der Waals surface area contributed by atoms with E-state index in [1.165, 1.54) is 0 Å². The maximum absolute atomic E-state index is 13.0. The Morgan fingerprint density at radius 1 is 1.17 bits per heavy atom. The Kier molecular flexibility index (Phi) is 6.27. The molecule has 3 fully saturated rings. The van der Waals surface area contributed by atoms with Gasteiger partial charge < -0.3 is 14.2 Å². The van der Waals surface area contributed by atoms with Crippen LogP contribution in [0.25, 0.3) is 0 Å². The van der Waals surface area contributed by atoms with Gasteiger partial charge in [-0.3, -0.25) is 9.69 Å². The van der Waals surface area contributed by atoms with Gasteiger partial charge in [-0.15, -0.1) is 0 Å². The fraction of sp³-hybridized carbons (Fsp3) is 0.800. The highest BCUT2D eigenvalue weighted by Crippen LogP contribution is 2.32. The van der Waals surface area contributed by atoms with Crippen molar-refractivity contribution < 1.29 is 17.9 Å². The number of sulfone groups is 1. The van der Waals surface area contributed by atoms with Gasteiger partial charge >= 0.3 is 0 Å². The molecule has 0 radical (unpaired) electrons. The third-order valence-corrected chi connectivity index (χ3v) is 7.95. The predicted molar refractivity (Wildman–Crippen MR) is 108 cm³/mol. The molecule has 1 aromatic heterocycles. The van der Waals surface area contributed by atoms with Crippen molar-refractivity contribution in [2.75, 3.05) is 38.5 Å². The fourth-order valence-electron chi connectivity index (χ4n) is 4.30. The molecule has 9 heteroatoms. The number of carbonyl (C=O) groups is 1. The first-order chi connectivity index (χ1) is 13.9. The van der Waals surface area contributed by atoms with Gasteiger partial charge in [-0.05, 0) is 38.0 Å². The summed E-state index contributed by atoms with van der Waals surface area (Å²) in [5.41, 5.74) is 0.922. The molecule has 1 aliphatic carbocycles. The number of aromatic nitrogens is 2. The molecular formula is C20H32N4O4S. The molecule has 0 spiro atoms. The average molecular weight is 425 g/mol. The van der Waals surface area contributed by atoms with Gasteiger partial charge in [0.2, 0.25) is 20.9 Å². The zero-order valence-corrected chi connectivity index (χ0v) is 18.1. The van der Waals surface area contributed by atoms with Crippen molar-refractivity contribution in [1.82, 2.24) is 19.4 Å². The van der Waals surface area contributed by atoms with Crippen LogP contribution in [0.3, 0.4) is 0 Å². The Morgan fingerprint density at radius 3 is 2.69 bits per heavy atom. The SMILES string of the molecule is CC(=O)N1CCCN(Cc2cnc(S(=O)(=O)CC3CC3)n2C[C@H]2CCCO2)CC1. The van der Waals surface area contributed by atoms with E-state index in [1.54, 1.807) is 13.1 Å². The highest BCUT2D eigenvalue weighted by Gasteiger charge is 2.33. The van der Waals surface area contributed by atoms with Crippen LogP contribution in [-0.4, -0.2) is 78.3 Å². The smallest absolute Gasteiger partial charge is 0.227 e. The molecule has 2 aliphatic heterocycles. The van der Waals surface area contributed by atoms with Crippen molar-refractivity contribution in [2.24, 2.45) is 5.92 Å². The molecule has 1 aromatic rings. The van der Waals surface area contributed by atoms with Crippen molar-refractivity contribution in [3.63, 3.8) is 0 Å². The Hall–Kier alpha value is -1.45. The van der Waals surface area contributed by atoms with E-state index in [4.69, 9.17) is 4.74 Å². The lowest BCUT2D eigenvalue weighted by atomic mass is 10.2. The fourth-order valence-corrected chi connectivity index (χ4v) is 6.14. The standard InChI is InChI=1S/C20H32N4O4S/c1-16(25)23-8-3-7-22(9-10-23)13-18-12-21-20(29(26,27)15-17-5-6-17)24(18)14-19-4-2-11-28-19/h12,17,19H,2-11,13-15H2,1H3/t19-/m1/s1. The number of imidazole rings is 1. The van der Waals surface area contributed by atoms with Crippen LogP contribution in [-0.2, 0) is 32.5 Å². The molecule has 1 atom stereocenters. The molecule has 3 heterocycles. The number of ether oxygens (including phenoxy) is 1. The van der Waals surface area contributed by atoms with Crippen LogP contribution in [0.2, 0.25) is 0 Å². The van der Waals surface area contributed by atoms with Crippen LogP contribution in [0, 0.1) is 5.92 Å². The zero-order chi connectivity index (χ0) is 20.4. The first kappa shape index (κ1) is 20.8. The van der Waals surface area contributed by atoms with E-state index >= 15 is 0 Å². The second kappa shape index (κ2) is 8.73. The van der Waals surface area contributed by atoms with Gasteiger partial charge in [-0.1, -0.05) is 0 Å². The van der Waals surface area contributed by atoms with Gasteiger partial charge in [0.25, 0.3) is 0 Å². The topological polar surface area (TPSA) is 84.7 Å². The molecule has 3 aliphatic rings. The van der Waals surface area contributed by atoms with Crippen molar-refractivity contribution in [1.29, 1.82) is 0 Å². The maximum atomic E-state index is 13.0. The maximum Gasteiger partial charge on any atom is 0.227 e. The minimum absolute atomic E-state index is 0.0511. The summed E-state index contributed by atoms with van der Waals surface area (Å²) in [6.45, 7) is 6.71. The first-order valence-corrected chi connectivity index (χ1v) is 12.4. The molecule has 29 heavy (non-hydrogen) atoms. The van der Waals surface area contributed by atoms with Gasteiger partial charge in [0.15, 0.2) is 0 Å². The van der Waals surface area contributed by atoms with Crippen molar-refractivity contribution in [2.45, 2.75) is 63.4 Å². The summed E-state index contributed by atoms with van der Waals surface area (Å²) in [6.07, 6.45) is 6.67. The summed E-state index contributed by atoms with van der Waals surface area (Å²) in [5, 5.41) is 0.204. The van der Waals surface area contributed by atoms with E-state index in [2.05, 4.69) is 9.88 Å². The van der Waals surface area contributed by atoms with Crippen LogP contribution in [0.5, 0.6) is 0 Å². The summed E-state index contributed by atoms with van der Waals surface area (Å²) >= 11 is 0. The summed E-state index contributed by atoms with van der Waals surface area (Å²) in [7, 11) is -3.39. The molecular weight excluding hydrogens is 392 g/mol. The number of amides is 1. The molecule has 4 rings (SSSR count). The minimum atomic E-state index is -3.39. The van der Waals surface area contributed by atoms with Crippen LogP contribution in [0.15, 0.2) is 11.4 Å². The van der Waals surface area contributed by atoms with Crippen LogP contribution in [0.4, 0.5) is 0 Å². The largest absolute Gasteiger partial charge is 0.376 e. The van der Waals surface area contributed by atoms with E-state index in [0.29, 0.717) is 25.6 Å². The highest BCUT2D eigenvalue weighted by molar-refractivity contribution is 7.91.